The van der Waals surface area contributed by atoms with Gasteiger partial charge in [0.1, 0.15) is 0 Å². The van der Waals surface area contributed by atoms with Gasteiger partial charge in [0.25, 0.3) is 0 Å². The van der Waals surface area contributed by atoms with Crippen molar-refractivity contribution in [1.82, 2.24) is 10.0 Å². The van der Waals surface area contributed by atoms with Crippen molar-refractivity contribution in [2.45, 2.75) is 50.6 Å². The molecule has 1 aromatic rings. The van der Waals surface area contributed by atoms with Gasteiger partial charge in [-0.1, -0.05) is 25.8 Å². The minimum Gasteiger partial charge on any atom is -0.316 e. The molecule has 6 heteroatoms. The average molecular weight is 363 g/mol. The SMILES string of the molecule is CCCCC(C)NS(=O)(=O)c1ccc(CNC)cc1Br. The highest BCUT2D eigenvalue weighted by atomic mass is 79.9. The first-order valence-corrected chi connectivity index (χ1v) is 9.13. The standard InChI is InChI=1S/C14H23BrN2O2S/c1-4-5-6-11(2)17-20(18,19)14-8-7-12(10-16-3)9-13(14)15/h7-9,11,16-17H,4-6,10H2,1-3H3. The molecule has 0 aliphatic carbocycles. The fourth-order valence-electron chi connectivity index (χ4n) is 1.97. The Hall–Kier alpha value is -0.430. The highest BCUT2D eigenvalue weighted by molar-refractivity contribution is 9.10. The molecular weight excluding hydrogens is 340 g/mol. The Labute approximate surface area is 130 Å². The van der Waals surface area contributed by atoms with Gasteiger partial charge in [0, 0.05) is 17.1 Å². The molecule has 1 atom stereocenters. The first-order valence-electron chi connectivity index (χ1n) is 6.86. The number of halogens is 1. The zero-order valence-electron chi connectivity index (χ0n) is 12.2. The minimum atomic E-state index is -3.47. The molecule has 0 heterocycles. The van der Waals surface area contributed by atoms with Crippen molar-refractivity contribution < 1.29 is 8.42 Å². The molecule has 0 amide bonds. The van der Waals surface area contributed by atoms with Crippen LogP contribution in [0.25, 0.3) is 0 Å². The van der Waals surface area contributed by atoms with E-state index in [1.165, 1.54) is 0 Å². The maximum absolute atomic E-state index is 12.3. The Kier molecular flexibility index (Phi) is 7.15. The summed E-state index contributed by atoms with van der Waals surface area (Å²) >= 11 is 3.35. The van der Waals surface area contributed by atoms with Gasteiger partial charge in [0.15, 0.2) is 0 Å². The summed E-state index contributed by atoms with van der Waals surface area (Å²) in [5.74, 6) is 0. The number of sulfonamides is 1. The Balaban J connectivity index is 2.87. The van der Waals surface area contributed by atoms with Gasteiger partial charge in [-0.15, -0.1) is 0 Å². The van der Waals surface area contributed by atoms with Crippen molar-refractivity contribution in [2.75, 3.05) is 7.05 Å². The fourth-order valence-corrected chi connectivity index (χ4v) is 4.38. The van der Waals surface area contributed by atoms with E-state index in [4.69, 9.17) is 0 Å². The molecule has 1 aromatic carbocycles. The summed E-state index contributed by atoms with van der Waals surface area (Å²) in [6.07, 6.45) is 2.94. The second kappa shape index (κ2) is 8.12. The summed E-state index contributed by atoms with van der Waals surface area (Å²) in [6, 6.07) is 5.25. The van der Waals surface area contributed by atoms with Crippen LogP contribution in [-0.4, -0.2) is 21.5 Å². The molecule has 20 heavy (non-hydrogen) atoms. The molecular formula is C14H23BrN2O2S. The number of unbranched alkanes of at least 4 members (excludes halogenated alkanes) is 1. The fraction of sp³-hybridized carbons (Fsp3) is 0.571. The van der Waals surface area contributed by atoms with E-state index in [0.29, 0.717) is 15.9 Å². The largest absolute Gasteiger partial charge is 0.316 e. The van der Waals surface area contributed by atoms with Crippen LogP contribution < -0.4 is 10.0 Å². The molecule has 0 radical (unpaired) electrons. The van der Waals surface area contributed by atoms with E-state index in [1.807, 2.05) is 26.1 Å². The van der Waals surface area contributed by atoms with Crippen LogP contribution >= 0.6 is 15.9 Å². The maximum Gasteiger partial charge on any atom is 0.241 e. The van der Waals surface area contributed by atoms with Gasteiger partial charge >= 0.3 is 0 Å². The summed E-state index contributed by atoms with van der Waals surface area (Å²) in [6.45, 7) is 4.70. The third-order valence-electron chi connectivity index (χ3n) is 3.01. The van der Waals surface area contributed by atoms with Crippen LogP contribution in [0.2, 0.25) is 0 Å². The van der Waals surface area contributed by atoms with E-state index in [1.54, 1.807) is 6.07 Å². The van der Waals surface area contributed by atoms with Crippen molar-refractivity contribution >= 4 is 26.0 Å². The second-order valence-corrected chi connectivity index (χ2v) is 7.50. The highest BCUT2D eigenvalue weighted by Crippen LogP contribution is 2.23. The van der Waals surface area contributed by atoms with Gasteiger partial charge in [-0.3, -0.25) is 0 Å². The minimum absolute atomic E-state index is 0.0520. The number of benzene rings is 1. The predicted molar refractivity (Wildman–Crippen MR) is 86.2 cm³/mol. The number of hydrogen-bond donors (Lipinski definition) is 2. The lowest BCUT2D eigenvalue weighted by Gasteiger charge is -2.15. The van der Waals surface area contributed by atoms with Crippen LogP contribution in [-0.2, 0) is 16.6 Å². The molecule has 0 aliphatic heterocycles. The van der Waals surface area contributed by atoms with Crippen molar-refractivity contribution in [3.05, 3.63) is 28.2 Å². The van der Waals surface area contributed by atoms with E-state index < -0.39 is 10.0 Å². The molecule has 0 aliphatic rings. The van der Waals surface area contributed by atoms with Crippen molar-refractivity contribution in [3.63, 3.8) is 0 Å². The third-order valence-corrected chi connectivity index (χ3v) is 5.58. The number of rotatable bonds is 8. The highest BCUT2D eigenvalue weighted by Gasteiger charge is 2.20. The van der Waals surface area contributed by atoms with Crippen molar-refractivity contribution in [1.29, 1.82) is 0 Å². The Bertz CT molecular complexity index is 532. The quantitative estimate of drug-likeness (QED) is 0.747. The predicted octanol–water partition coefficient (Wildman–Crippen LogP) is 3.03. The summed E-state index contributed by atoms with van der Waals surface area (Å²) in [5, 5.41) is 3.04. The topological polar surface area (TPSA) is 58.2 Å². The van der Waals surface area contributed by atoms with Gasteiger partial charge in [-0.25, -0.2) is 13.1 Å². The maximum atomic E-state index is 12.3. The lowest BCUT2D eigenvalue weighted by atomic mass is 10.2. The molecule has 0 saturated heterocycles. The second-order valence-electron chi connectivity index (χ2n) is 4.96. The Morgan fingerprint density at radius 2 is 2.05 bits per heavy atom. The summed E-state index contributed by atoms with van der Waals surface area (Å²) in [7, 11) is -1.61. The van der Waals surface area contributed by atoms with Crippen LogP contribution in [0.15, 0.2) is 27.6 Å². The van der Waals surface area contributed by atoms with E-state index >= 15 is 0 Å². The monoisotopic (exact) mass is 362 g/mol. The van der Waals surface area contributed by atoms with Crippen LogP contribution in [0.3, 0.4) is 0 Å². The first-order chi connectivity index (χ1) is 9.40. The average Bonchev–Trinajstić information content (AvgIpc) is 2.36. The van der Waals surface area contributed by atoms with E-state index in [0.717, 1.165) is 24.8 Å². The van der Waals surface area contributed by atoms with Crippen LogP contribution in [0.5, 0.6) is 0 Å². The number of nitrogens with one attached hydrogen (secondary N) is 2. The normalized spacial score (nSPS) is 13.4. The van der Waals surface area contributed by atoms with Gasteiger partial charge in [0.05, 0.1) is 4.90 Å². The molecule has 0 fully saturated rings. The molecule has 2 N–H and O–H groups in total. The summed E-state index contributed by atoms with van der Waals surface area (Å²) in [4.78, 5) is 0.292. The zero-order chi connectivity index (χ0) is 15.2. The Morgan fingerprint density at radius 1 is 1.35 bits per heavy atom. The molecule has 114 valence electrons. The lowest BCUT2D eigenvalue weighted by molar-refractivity contribution is 0.534. The van der Waals surface area contributed by atoms with Gasteiger partial charge in [-0.2, -0.15) is 0 Å². The molecule has 1 rings (SSSR count). The zero-order valence-corrected chi connectivity index (χ0v) is 14.6. The van der Waals surface area contributed by atoms with Crippen molar-refractivity contribution in [2.24, 2.45) is 0 Å². The van der Waals surface area contributed by atoms with Gasteiger partial charge in [0.2, 0.25) is 10.0 Å². The molecule has 1 unspecified atom stereocenters. The molecule has 0 saturated carbocycles. The van der Waals surface area contributed by atoms with Crippen LogP contribution in [0.1, 0.15) is 38.7 Å². The molecule has 0 aromatic heterocycles. The van der Waals surface area contributed by atoms with Crippen LogP contribution in [0.4, 0.5) is 0 Å². The van der Waals surface area contributed by atoms with Gasteiger partial charge in [-0.05, 0) is 54.0 Å². The van der Waals surface area contributed by atoms with E-state index in [9.17, 15) is 8.42 Å². The van der Waals surface area contributed by atoms with E-state index in [2.05, 4.69) is 32.9 Å². The smallest absolute Gasteiger partial charge is 0.241 e. The summed E-state index contributed by atoms with van der Waals surface area (Å²) in [5.41, 5.74) is 1.04. The third kappa shape index (κ3) is 5.16. The number of hydrogen-bond acceptors (Lipinski definition) is 3. The van der Waals surface area contributed by atoms with E-state index in [-0.39, 0.29) is 6.04 Å². The lowest BCUT2D eigenvalue weighted by Crippen LogP contribution is -2.32. The van der Waals surface area contributed by atoms with Gasteiger partial charge < -0.3 is 5.32 Å². The summed E-state index contributed by atoms with van der Waals surface area (Å²) < 4.78 is 28.0. The molecule has 4 nitrogen and oxygen atoms in total. The van der Waals surface area contributed by atoms with Crippen molar-refractivity contribution in [3.8, 4) is 0 Å². The molecule has 0 bridgehead atoms. The van der Waals surface area contributed by atoms with Crippen LogP contribution in [0, 0.1) is 0 Å². The molecule has 0 spiro atoms. The Morgan fingerprint density at radius 3 is 2.60 bits per heavy atom. The first kappa shape index (κ1) is 17.6.